The standard InChI is InChI=1S/C9H12O4/c1-3-5-6-7(8(10)11)9(12)13-4-2/h3,6H,1,4-5H2,2H3,(H,10,11)/b7-6+. The first-order valence-electron chi connectivity index (χ1n) is 3.85. The summed E-state index contributed by atoms with van der Waals surface area (Å²) in [7, 11) is 0. The van der Waals surface area contributed by atoms with Gasteiger partial charge in [0.25, 0.3) is 0 Å². The number of hydrogen-bond donors (Lipinski definition) is 1. The fraction of sp³-hybridized carbons (Fsp3) is 0.333. The van der Waals surface area contributed by atoms with Gasteiger partial charge in [0.1, 0.15) is 5.57 Å². The van der Waals surface area contributed by atoms with Crippen LogP contribution in [0.3, 0.4) is 0 Å². The van der Waals surface area contributed by atoms with E-state index in [1.165, 1.54) is 12.2 Å². The summed E-state index contributed by atoms with van der Waals surface area (Å²) in [5.74, 6) is -2.09. The summed E-state index contributed by atoms with van der Waals surface area (Å²) in [5.41, 5.74) is -0.346. The summed E-state index contributed by atoms with van der Waals surface area (Å²) in [5, 5.41) is 8.59. The summed E-state index contributed by atoms with van der Waals surface area (Å²) in [6, 6.07) is 0. The maximum Gasteiger partial charge on any atom is 0.345 e. The number of carboxylic acids is 1. The van der Waals surface area contributed by atoms with E-state index in [9.17, 15) is 9.59 Å². The predicted molar refractivity (Wildman–Crippen MR) is 47.2 cm³/mol. The lowest BCUT2D eigenvalue weighted by molar-refractivity contribution is -0.143. The van der Waals surface area contributed by atoms with Gasteiger partial charge in [-0.1, -0.05) is 12.2 Å². The smallest absolute Gasteiger partial charge is 0.345 e. The number of carbonyl (C=O) groups is 2. The Kier molecular flexibility index (Phi) is 5.27. The molecule has 0 radical (unpaired) electrons. The van der Waals surface area contributed by atoms with Gasteiger partial charge in [-0.2, -0.15) is 0 Å². The molecule has 0 aliphatic heterocycles. The number of rotatable bonds is 5. The Hall–Kier alpha value is -1.58. The Morgan fingerprint density at radius 2 is 2.15 bits per heavy atom. The quantitative estimate of drug-likeness (QED) is 0.229. The molecule has 0 bridgehead atoms. The van der Waals surface area contributed by atoms with Crippen molar-refractivity contribution in [2.24, 2.45) is 0 Å². The molecular formula is C9H12O4. The maximum absolute atomic E-state index is 11.0. The van der Waals surface area contributed by atoms with Crippen LogP contribution in [0.15, 0.2) is 24.3 Å². The van der Waals surface area contributed by atoms with Gasteiger partial charge in [-0.25, -0.2) is 9.59 Å². The van der Waals surface area contributed by atoms with Crippen molar-refractivity contribution in [3.8, 4) is 0 Å². The first-order chi connectivity index (χ1) is 6.13. The lowest BCUT2D eigenvalue weighted by atomic mass is 10.2. The van der Waals surface area contributed by atoms with E-state index in [1.54, 1.807) is 6.92 Å². The normalized spacial score (nSPS) is 10.7. The van der Waals surface area contributed by atoms with Gasteiger partial charge in [-0.3, -0.25) is 0 Å². The van der Waals surface area contributed by atoms with E-state index in [4.69, 9.17) is 5.11 Å². The molecule has 0 saturated carbocycles. The maximum atomic E-state index is 11.0. The molecule has 0 unspecified atom stereocenters. The molecular weight excluding hydrogens is 172 g/mol. The third kappa shape index (κ3) is 4.10. The topological polar surface area (TPSA) is 63.6 Å². The molecule has 72 valence electrons. The lowest BCUT2D eigenvalue weighted by Crippen LogP contribution is -2.15. The molecule has 4 heteroatoms. The molecule has 0 spiro atoms. The van der Waals surface area contributed by atoms with Crippen molar-refractivity contribution in [2.45, 2.75) is 13.3 Å². The Morgan fingerprint density at radius 1 is 1.54 bits per heavy atom. The van der Waals surface area contributed by atoms with E-state index in [-0.39, 0.29) is 12.2 Å². The number of hydrogen-bond acceptors (Lipinski definition) is 3. The number of carboxylic acid groups (broad SMARTS) is 1. The van der Waals surface area contributed by atoms with Gasteiger partial charge in [-0.15, -0.1) is 6.58 Å². The molecule has 0 atom stereocenters. The monoisotopic (exact) mass is 184 g/mol. The molecule has 4 nitrogen and oxygen atoms in total. The van der Waals surface area contributed by atoms with Crippen molar-refractivity contribution in [1.82, 2.24) is 0 Å². The fourth-order valence-electron chi connectivity index (χ4n) is 0.668. The van der Waals surface area contributed by atoms with E-state index < -0.39 is 11.9 Å². The van der Waals surface area contributed by atoms with E-state index in [1.807, 2.05) is 0 Å². The molecule has 0 aromatic heterocycles. The van der Waals surface area contributed by atoms with Crippen molar-refractivity contribution in [1.29, 1.82) is 0 Å². The first kappa shape index (κ1) is 11.4. The Morgan fingerprint density at radius 3 is 2.54 bits per heavy atom. The van der Waals surface area contributed by atoms with Crippen molar-refractivity contribution in [2.75, 3.05) is 6.61 Å². The number of esters is 1. The molecule has 13 heavy (non-hydrogen) atoms. The average molecular weight is 184 g/mol. The van der Waals surface area contributed by atoms with Crippen LogP contribution in [0.4, 0.5) is 0 Å². The Labute approximate surface area is 76.5 Å². The van der Waals surface area contributed by atoms with Gasteiger partial charge in [0.05, 0.1) is 6.61 Å². The second-order valence-corrected chi connectivity index (χ2v) is 2.17. The van der Waals surface area contributed by atoms with Gasteiger partial charge >= 0.3 is 11.9 Å². The van der Waals surface area contributed by atoms with Crippen LogP contribution in [0.1, 0.15) is 13.3 Å². The van der Waals surface area contributed by atoms with E-state index in [0.29, 0.717) is 6.42 Å². The predicted octanol–water partition coefficient (Wildman–Crippen LogP) is 1.14. The molecule has 0 amide bonds. The molecule has 1 N–H and O–H groups in total. The molecule has 0 aromatic carbocycles. The number of allylic oxidation sites excluding steroid dienone is 2. The summed E-state index contributed by atoms with van der Waals surface area (Å²) < 4.78 is 4.54. The number of aliphatic carboxylic acids is 1. The van der Waals surface area contributed by atoms with Crippen LogP contribution in [-0.2, 0) is 14.3 Å². The third-order valence-electron chi connectivity index (χ3n) is 1.21. The minimum atomic E-state index is -1.28. The zero-order valence-corrected chi connectivity index (χ0v) is 7.45. The van der Waals surface area contributed by atoms with Crippen molar-refractivity contribution in [3.05, 3.63) is 24.3 Å². The van der Waals surface area contributed by atoms with Crippen LogP contribution in [0, 0.1) is 0 Å². The number of carbonyl (C=O) groups excluding carboxylic acids is 1. The van der Waals surface area contributed by atoms with E-state index in [0.717, 1.165) is 0 Å². The zero-order valence-electron chi connectivity index (χ0n) is 7.45. The van der Waals surface area contributed by atoms with E-state index in [2.05, 4.69) is 11.3 Å². The third-order valence-corrected chi connectivity index (χ3v) is 1.21. The highest BCUT2D eigenvalue weighted by atomic mass is 16.5. The van der Waals surface area contributed by atoms with E-state index >= 15 is 0 Å². The van der Waals surface area contributed by atoms with Gasteiger partial charge in [0, 0.05) is 0 Å². The second kappa shape index (κ2) is 5.99. The summed E-state index contributed by atoms with van der Waals surface area (Å²) in [6.45, 7) is 5.19. The summed E-state index contributed by atoms with van der Waals surface area (Å²) in [6.07, 6.45) is 3.11. The zero-order chi connectivity index (χ0) is 10.3. The molecule has 0 aliphatic rings. The largest absolute Gasteiger partial charge is 0.477 e. The van der Waals surface area contributed by atoms with Gasteiger partial charge in [0.2, 0.25) is 0 Å². The van der Waals surface area contributed by atoms with Gasteiger partial charge < -0.3 is 9.84 Å². The molecule has 0 heterocycles. The molecule has 0 aliphatic carbocycles. The summed E-state index contributed by atoms with van der Waals surface area (Å²) >= 11 is 0. The van der Waals surface area contributed by atoms with Crippen LogP contribution >= 0.6 is 0 Å². The van der Waals surface area contributed by atoms with Crippen molar-refractivity contribution in [3.63, 3.8) is 0 Å². The van der Waals surface area contributed by atoms with Crippen LogP contribution < -0.4 is 0 Å². The Bertz CT molecular complexity index is 240. The van der Waals surface area contributed by atoms with Crippen molar-refractivity contribution < 1.29 is 19.4 Å². The molecule has 0 saturated heterocycles. The van der Waals surface area contributed by atoms with Crippen LogP contribution in [0.25, 0.3) is 0 Å². The van der Waals surface area contributed by atoms with Crippen LogP contribution in [0.2, 0.25) is 0 Å². The van der Waals surface area contributed by atoms with Gasteiger partial charge in [-0.05, 0) is 13.3 Å². The van der Waals surface area contributed by atoms with Crippen LogP contribution in [-0.4, -0.2) is 23.7 Å². The number of ether oxygens (including phenoxy) is 1. The highest BCUT2D eigenvalue weighted by Crippen LogP contribution is 2.01. The summed E-state index contributed by atoms with van der Waals surface area (Å²) in [4.78, 5) is 21.5. The minimum Gasteiger partial charge on any atom is -0.477 e. The van der Waals surface area contributed by atoms with Crippen molar-refractivity contribution >= 4 is 11.9 Å². The molecule has 0 fully saturated rings. The average Bonchev–Trinajstić information content (AvgIpc) is 2.05. The van der Waals surface area contributed by atoms with Crippen LogP contribution in [0.5, 0.6) is 0 Å². The SMILES string of the molecule is C=CC/C=C(\C(=O)O)C(=O)OCC. The second-order valence-electron chi connectivity index (χ2n) is 2.17. The van der Waals surface area contributed by atoms with Gasteiger partial charge in [0.15, 0.2) is 0 Å². The molecule has 0 rings (SSSR count). The minimum absolute atomic E-state index is 0.164. The Balaban J connectivity index is 4.50. The highest BCUT2D eigenvalue weighted by Gasteiger charge is 2.17. The fourth-order valence-corrected chi connectivity index (χ4v) is 0.668. The highest BCUT2D eigenvalue weighted by molar-refractivity contribution is 6.13. The molecule has 0 aromatic rings. The first-order valence-corrected chi connectivity index (χ1v) is 3.85. The lowest BCUT2D eigenvalue weighted by Gasteiger charge is -2.00.